The van der Waals surface area contributed by atoms with Gasteiger partial charge in [-0.2, -0.15) is 5.26 Å². The van der Waals surface area contributed by atoms with E-state index in [4.69, 9.17) is 0 Å². The third kappa shape index (κ3) is 7.87. The maximum absolute atomic E-state index is 9.33. The largest absolute Gasteiger partial charge is 0.303 e. The van der Waals surface area contributed by atoms with E-state index in [0.717, 1.165) is 44.8 Å². The van der Waals surface area contributed by atoms with E-state index in [1.165, 1.54) is 19.4 Å². The lowest BCUT2D eigenvalue weighted by molar-refractivity contribution is 0.223. The molecule has 1 unspecified atom stereocenters. The number of hydrogen-bond acceptors (Lipinski definition) is 3. The Morgan fingerprint density at radius 3 is 2.30 bits per heavy atom. The van der Waals surface area contributed by atoms with Crippen molar-refractivity contribution in [2.45, 2.75) is 72.3 Å². The Hall–Kier alpha value is -0.590. The molecule has 20 heavy (non-hydrogen) atoms. The first-order valence-corrected chi connectivity index (χ1v) is 8.43. The average Bonchev–Trinajstić information content (AvgIpc) is 2.48. The number of nitrogens with zero attached hydrogens (tertiary/aromatic N) is 2. The summed E-state index contributed by atoms with van der Waals surface area (Å²) in [4.78, 5) is 2.54. The van der Waals surface area contributed by atoms with E-state index in [1.54, 1.807) is 0 Å². The van der Waals surface area contributed by atoms with Crippen molar-refractivity contribution in [3.8, 4) is 6.07 Å². The number of nitrogens with one attached hydrogen (secondary N) is 1. The fraction of sp³-hybridized carbons (Fsp3) is 0.941. The molecule has 0 aromatic heterocycles. The SMILES string of the molecule is CCCNC(C)(C#N)CCCN(CC)CC(CC)CC. The van der Waals surface area contributed by atoms with E-state index in [2.05, 4.69) is 44.0 Å². The Kier molecular flexibility index (Phi) is 10.8. The van der Waals surface area contributed by atoms with Crippen LogP contribution in [0.4, 0.5) is 0 Å². The predicted octanol–water partition coefficient (Wildman–Crippen LogP) is 3.81. The van der Waals surface area contributed by atoms with E-state index in [9.17, 15) is 5.26 Å². The molecule has 118 valence electrons. The van der Waals surface area contributed by atoms with Gasteiger partial charge in [0.15, 0.2) is 0 Å². The smallest absolute Gasteiger partial charge is 0.103 e. The van der Waals surface area contributed by atoms with Crippen LogP contribution in [0.25, 0.3) is 0 Å². The molecular weight excluding hydrogens is 246 g/mol. The monoisotopic (exact) mass is 281 g/mol. The first-order valence-electron chi connectivity index (χ1n) is 8.43. The fourth-order valence-corrected chi connectivity index (χ4v) is 2.53. The molecule has 0 radical (unpaired) electrons. The van der Waals surface area contributed by atoms with Gasteiger partial charge in [-0.15, -0.1) is 0 Å². The van der Waals surface area contributed by atoms with Crippen LogP contribution in [0.1, 0.15) is 66.7 Å². The van der Waals surface area contributed by atoms with E-state index in [-0.39, 0.29) is 5.54 Å². The van der Waals surface area contributed by atoms with Crippen molar-refractivity contribution in [1.82, 2.24) is 10.2 Å². The van der Waals surface area contributed by atoms with Gasteiger partial charge in [-0.1, -0.05) is 40.5 Å². The van der Waals surface area contributed by atoms with Gasteiger partial charge >= 0.3 is 0 Å². The molecule has 1 N–H and O–H groups in total. The van der Waals surface area contributed by atoms with Gasteiger partial charge in [0.2, 0.25) is 0 Å². The average molecular weight is 281 g/mol. The molecule has 0 saturated carbocycles. The number of nitriles is 1. The van der Waals surface area contributed by atoms with Crippen LogP contribution in [0.3, 0.4) is 0 Å². The summed E-state index contributed by atoms with van der Waals surface area (Å²) in [6, 6.07) is 2.44. The molecule has 0 aromatic carbocycles. The second kappa shape index (κ2) is 11.1. The third-order valence-electron chi connectivity index (χ3n) is 4.28. The Labute approximate surface area is 126 Å². The molecule has 0 bridgehead atoms. The topological polar surface area (TPSA) is 39.1 Å². The van der Waals surface area contributed by atoms with Crippen molar-refractivity contribution < 1.29 is 0 Å². The van der Waals surface area contributed by atoms with Crippen LogP contribution in [0.5, 0.6) is 0 Å². The quantitative estimate of drug-likeness (QED) is 0.591. The summed E-state index contributed by atoms with van der Waals surface area (Å²) in [5.74, 6) is 0.815. The van der Waals surface area contributed by atoms with Crippen LogP contribution in [-0.2, 0) is 0 Å². The van der Waals surface area contributed by atoms with E-state index >= 15 is 0 Å². The number of hydrogen-bond donors (Lipinski definition) is 1. The molecule has 0 aliphatic carbocycles. The Bertz CT molecular complexity index is 268. The second-order valence-corrected chi connectivity index (χ2v) is 6.05. The van der Waals surface area contributed by atoms with Gasteiger partial charge in [0.25, 0.3) is 0 Å². The van der Waals surface area contributed by atoms with Crippen LogP contribution in [-0.4, -0.2) is 36.6 Å². The Balaban J connectivity index is 4.13. The highest BCUT2D eigenvalue weighted by Gasteiger charge is 2.22. The van der Waals surface area contributed by atoms with Crippen molar-refractivity contribution in [3.63, 3.8) is 0 Å². The van der Waals surface area contributed by atoms with Crippen molar-refractivity contribution in [1.29, 1.82) is 5.26 Å². The first-order chi connectivity index (χ1) is 9.55. The normalized spacial score (nSPS) is 14.5. The Morgan fingerprint density at radius 1 is 1.20 bits per heavy atom. The highest BCUT2D eigenvalue weighted by Crippen LogP contribution is 2.14. The van der Waals surface area contributed by atoms with Gasteiger partial charge in [-0.3, -0.25) is 5.32 Å². The van der Waals surface area contributed by atoms with Gasteiger partial charge in [-0.25, -0.2) is 0 Å². The summed E-state index contributed by atoms with van der Waals surface area (Å²) in [7, 11) is 0. The lowest BCUT2D eigenvalue weighted by atomic mass is 9.97. The maximum atomic E-state index is 9.33. The minimum atomic E-state index is -0.357. The lowest BCUT2D eigenvalue weighted by Crippen LogP contribution is -2.42. The predicted molar refractivity (Wildman–Crippen MR) is 87.7 cm³/mol. The maximum Gasteiger partial charge on any atom is 0.103 e. The summed E-state index contributed by atoms with van der Waals surface area (Å²) in [6.45, 7) is 15.3. The Morgan fingerprint density at radius 2 is 1.85 bits per heavy atom. The summed E-state index contributed by atoms with van der Waals surface area (Å²) < 4.78 is 0. The highest BCUT2D eigenvalue weighted by molar-refractivity contribution is 5.03. The minimum absolute atomic E-state index is 0.357. The molecule has 0 fully saturated rings. The summed E-state index contributed by atoms with van der Waals surface area (Å²) >= 11 is 0. The molecule has 1 atom stereocenters. The molecule has 3 nitrogen and oxygen atoms in total. The summed E-state index contributed by atoms with van der Waals surface area (Å²) in [5, 5.41) is 12.7. The van der Waals surface area contributed by atoms with E-state index < -0.39 is 0 Å². The van der Waals surface area contributed by atoms with Gasteiger partial charge in [0.05, 0.1) is 6.07 Å². The molecule has 0 aliphatic rings. The molecule has 0 saturated heterocycles. The molecule has 3 heteroatoms. The van der Waals surface area contributed by atoms with Crippen LogP contribution < -0.4 is 5.32 Å². The van der Waals surface area contributed by atoms with E-state index in [0.29, 0.717) is 0 Å². The van der Waals surface area contributed by atoms with Crippen molar-refractivity contribution in [2.75, 3.05) is 26.2 Å². The first kappa shape index (κ1) is 19.4. The molecule has 0 aromatic rings. The zero-order valence-corrected chi connectivity index (χ0v) is 14.3. The van der Waals surface area contributed by atoms with Crippen molar-refractivity contribution in [3.05, 3.63) is 0 Å². The molecule has 0 rings (SSSR count). The zero-order valence-electron chi connectivity index (χ0n) is 14.3. The van der Waals surface area contributed by atoms with Crippen LogP contribution in [0.15, 0.2) is 0 Å². The van der Waals surface area contributed by atoms with Crippen molar-refractivity contribution in [2.24, 2.45) is 5.92 Å². The molecule has 0 aliphatic heterocycles. The number of rotatable bonds is 12. The molecular formula is C17H35N3. The van der Waals surface area contributed by atoms with Gasteiger partial charge in [0, 0.05) is 6.54 Å². The minimum Gasteiger partial charge on any atom is -0.303 e. The van der Waals surface area contributed by atoms with Crippen LogP contribution in [0, 0.1) is 17.2 Å². The third-order valence-corrected chi connectivity index (χ3v) is 4.28. The summed E-state index contributed by atoms with van der Waals surface area (Å²) in [5.41, 5.74) is -0.357. The standard InChI is InChI=1S/C17H35N3/c1-6-12-19-17(5,15-18)11-10-13-20(9-4)14-16(7-2)8-3/h16,19H,6-14H2,1-5H3. The molecule has 0 spiro atoms. The van der Waals surface area contributed by atoms with Crippen LogP contribution in [0.2, 0.25) is 0 Å². The van der Waals surface area contributed by atoms with Gasteiger partial charge in [-0.05, 0) is 51.7 Å². The molecule has 0 heterocycles. The second-order valence-electron chi connectivity index (χ2n) is 6.05. The van der Waals surface area contributed by atoms with Gasteiger partial charge < -0.3 is 4.90 Å². The highest BCUT2D eigenvalue weighted by atomic mass is 15.1. The van der Waals surface area contributed by atoms with Crippen molar-refractivity contribution >= 4 is 0 Å². The summed E-state index contributed by atoms with van der Waals surface area (Å²) in [6.07, 6.45) is 5.63. The van der Waals surface area contributed by atoms with E-state index in [1.807, 2.05) is 6.92 Å². The fourth-order valence-electron chi connectivity index (χ4n) is 2.53. The van der Waals surface area contributed by atoms with Gasteiger partial charge in [0.1, 0.15) is 5.54 Å². The lowest BCUT2D eigenvalue weighted by Gasteiger charge is -2.28. The molecule has 0 amide bonds. The zero-order chi connectivity index (χ0) is 15.4. The van der Waals surface area contributed by atoms with Crippen LogP contribution >= 0.6 is 0 Å².